The lowest BCUT2D eigenvalue weighted by atomic mass is 10.2. The molecule has 14 heavy (non-hydrogen) atoms. The maximum Gasteiger partial charge on any atom is 0.0462 e. The summed E-state index contributed by atoms with van der Waals surface area (Å²) in [6.45, 7) is 14.4. The van der Waals surface area contributed by atoms with Crippen LogP contribution in [0.25, 0.3) is 0 Å². The Hall–Kier alpha value is -0.820. The lowest BCUT2D eigenvalue weighted by molar-refractivity contribution is 0.194. The molecule has 0 aliphatic carbocycles. The third-order valence-corrected chi connectivity index (χ3v) is 1.35. The molecular formula is C13H24O. The number of ether oxygens (including phenoxy) is 1. The van der Waals surface area contributed by atoms with E-state index in [4.69, 9.17) is 4.74 Å². The highest BCUT2D eigenvalue weighted by Crippen LogP contribution is 1.94. The summed E-state index contributed by atoms with van der Waals surface area (Å²) in [7, 11) is 1.73. The maximum atomic E-state index is 4.78. The molecule has 0 bridgehead atoms. The van der Waals surface area contributed by atoms with E-state index in [1.165, 1.54) is 12.8 Å². The highest BCUT2D eigenvalue weighted by atomic mass is 16.5. The first-order valence-corrected chi connectivity index (χ1v) is 5.02. The minimum absolute atomic E-state index is 0.913. The summed E-state index contributed by atoms with van der Waals surface area (Å²) in [5, 5.41) is 0. The third kappa shape index (κ3) is 22.5. The molecule has 0 aromatic heterocycles. The van der Waals surface area contributed by atoms with E-state index in [1.54, 1.807) is 7.11 Å². The molecule has 1 heteroatoms. The molecule has 0 saturated carbocycles. The van der Waals surface area contributed by atoms with Crippen LogP contribution < -0.4 is 0 Å². The van der Waals surface area contributed by atoms with Crippen molar-refractivity contribution in [3.05, 3.63) is 36.5 Å². The van der Waals surface area contributed by atoms with E-state index in [2.05, 4.69) is 20.1 Å². The number of hydrogen-bond donors (Lipinski definition) is 0. The van der Waals surface area contributed by atoms with Crippen LogP contribution in [0.2, 0.25) is 0 Å². The third-order valence-electron chi connectivity index (χ3n) is 1.35. The Morgan fingerprint density at radius 2 is 1.57 bits per heavy atom. The van der Waals surface area contributed by atoms with Crippen molar-refractivity contribution in [2.45, 2.75) is 33.6 Å². The first-order valence-electron chi connectivity index (χ1n) is 5.02. The SMILES string of the molecule is C=C(C)/C=C\C(=C)C.CCCCOC. The molecule has 0 unspecified atom stereocenters. The molecule has 0 rings (SSSR count). The molecule has 0 fully saturated rings. The second-order valence-corrected chi connectivity index (χ2v) is 3.37. The van der Waals surface area contributed by atoms with Crippen LogP contribution in [0.4, 0.5) is 0 Å². The summed E-state index contributed by atoms with van der Waals surface area (Å²) < 4.78 is 4.78. The summed E-state index contributed by atoms with van der Waals surface area (Å²) in [4.78, 5) is 0. The number of rotatable bonds is 5. The van der Waals surface area contributed by atoms with E-state index < -0.39 is 0 Å². The van der Waals surface area contributed by atoms with Crippen molar-refractivity contribution in [3.8, 4) is 0 Å². The summed E-state index contributed by atoms with van der Waals surface area (Å²) in [5.74, 6) is 0. The lowest BCUT2D eigenvalue weighted by Crippen LogP contribution is -1.84. The van der Waals surface area contributed by atoms with Crippen molar-refractivity contribution in [1.82, 2.24) is 0 Å². The van der Waals surface area contributed by atoms with Gasteiger partial charge >= 0.3 is 0 Å². The summed E-state index contributed by atoms with van der Waals surface area (Å²) in [6.07, 6.45) is 6.31. The Labute approximate surface area is 89.2 Å². The predicted molar refractivity (Wildman–Crippen MR) is 65.6 cm³/mol. The maximum absolute atomic E-state index is 4.78. The average Bonchev–Trinajstić information content (AvgIpc) is 2.12. The molecule has 0 aliphatic rings. The highest BCUT2D eigenvalue weighted by Gasteiger charge is 1.74. The smallest absolute Gasteiger partial charge is 0.0462 e. The van der Waals surface area contributed by atoms with E-state index in [9.17, 15) is 0 Å². The van der Waals surface area contributed by atoms with Gasteiger partial charge in [-0.2, -0.15) is 0 Å². The average molecular weight is 196 g/mol. The fourth-order valence-electron chi connectivity index (χ4n) is 0.573. The van der Waals surface area contributed by atoms with Crippen molar-refractivity contribution in [1.29, 1.82) is 0 Å². The lowest BCUT2D eigenvalue weighted by Gasteiger charge is -1.89. The van der Waals surface area contributed by atoms with Crippen LogP contribution in [-0.4, -0.2) is 13.7 Å². The van der Waals surface area contributed by atoms with Crippen LogP contribution in [0.3, 0.4) is 0 Å². The van der Waals surface area contributed by atoms with E-state index in [0.29, 0.717) is 0 Å². The molecule has 0 aliphatic heterocycles. The van der Waals surface area contributed by atoms with E-state index in [0.717, 1.165) is 17.8 Å². The van der Waals surface area contributed by atoms with Crippen molar-refractivity contribution in [3.63, 3.8) is 0 Å². The molecule has 0 N–H and O–H groups in total. The monoisotopic (exact) mass is 196 g/mol. The van der Waals surface area contributed by atoms with Crippen LogP contribution in [0.15, 0.2) is 36.5 Å². The number of methoxy groups -OCH3 is 1. The molecule has 0 spiro atoms. The second-order valence-electron chi connectivity index (χ2n) is 3.37. The van der Waals surface area contributed by atoms with Crippen molar-refractivity contribution < 1.29 is 4.74 Å². The zero-order valence-electron chi connectivity index (χ0n) is 10.1. The summed E-state index contributed by atoms with van der Waals surface area (Å²) >= 11 is 0. The summed E-state index contributed by atoms with van der Waals surface area (Å²) in [6, 6.07) is 0. The van der Waals surface area contributed by atoms with Gasteiger partial charge in [0.25, 0.3) is 0 Å². The van der Waals surface area contributed by atoms with E-state index in [1.807, 2.05) is 26.0 Å². The molecule has 0 atom stereocenters. The van der Waals surface area contributed by atoms with Gasteiger partial charge in [-0.1, -0.05) is 49.8 Å². The Balaban J connectivity index is 0. The normalized spacial score (nSPS) is 9.43. The fraction of sp³-hybridized carbons (Fsp3) is 0.538. The number of hydrogen-bond acceptors (Lipinski definition) is 1. The highest BCUT2D eigenvalue weighted by molar-refractivity contribution is 5.20. The van der Waals surface area contributed by atoms with Crippen LogP contribution in [0.1, 0.15) is 33.6 Å². The first-order chi connectivity index (χ1) is 6.54. The molecule has 0 aromatic rings. The van der Waals surface area contributed by atoms with Crippen LogP contribution >= 0.6 is 0 Å². The molecule has 0 amide bonds. The molecular weight excluding hydrogens is 172 g/mol. The van der Waals surface area contributed by atoms with Gasteiger partial charge in [0.2, 0.25) is 0 Å². The Bertz CT molecular complexity index is 158. The van der Waals surface area contributed by atoms with Gasteiger partial charge in [-0.25, -0.2) is 0 Å². The molecule has 82 valence electrons. The van der Waals surface area contributed by atoms with Crippen molar-refractivity contribution >= 4 is 0 Å². The number of unbranched alkanes of at least 4 members (excludes halogenated alkanes) is 1. The van der Waals surface area contributed by atoms with Gasteiger partial charge in [-0.05, 0) is 20.3 Å². The van der Waals surface area contributed by atoms with Crippen LogP contribution in [-0.2, 0) is 4.74 Å². The minimum atomic E-state index is 0.913. The topological polar surface area (TPSA) is 9.23 Å². The second kappa shape index (κ2) is 12.2. The van der Waals surface area contributed by atoms with Gasteiger partial charge < -0.3 is 4.74 Å². The van der Waals surface area contributed by atoms with Gasteiger partial charge in [0, 0.05) is 13.7 Å². The quantitative estimate of drug-likeness (QED) is 0.474. The Morgan fingerprint density at radius 1 is 1.14 bits per heavy atom. The van der Waals surface area contributed by atoms with Crippen LogP contribution in [0.5, 0.6) is 0 Å². The fourth-order valence-corrected chi connectivity index (χ4v) is 0.573. The molecule has 0 aromatic carbocycles. The van der Waals surface area contributed by atoms with Crippen molar-refractivity contribution in [2.24, 2.45) is 0 Å². The van der Waals surface area contributed by atoms with Gasteiger partial charge in [0.05, 0.1) is 0 Å². The largest absolute Gasteiger partial charge is 0.385 e. The minimum Gasteiger partial charge on any atom is -0.385 e. The molecule has 0 radical (unpaired) electrons. The zero-order valence-corrected chi connectivity index (χ0v) is 10.1. The molecule has 0 heterocycles. The van der Waals surface area contributed by atoms with Gasteiger partial charge in [0.1, 0.15) is 0 Å². The Morgan fingerprint density at radius 3 is 1.71 bits per heavy atom. The number of allylic oxidation sites excluding steroid dienone is 4. The molecule has 1 nitrogen and oxygen atoms in total. The predicted octanol–water partition coefficient (Wildman–Crippen LogP) is 4.13. The van der Waals surface area contributed by atoms with Crippen LogP contribution in [0, 0.1) is 0 Å². The first kappa shape index (κ1) is 15.6. The van der Waals surface area contributed by atoms with Gasteiger partial charge in [0.15, 0.2) is 0 Å². The van der Waals surface area contributed by atoms with Gasteiger partial charge in [-0.15, -0.1) is 0 Å². The van der Waals surface area contributed by atoms with Crippen molar-refractivity contribution in [2.75, 3.05) is 13.7 Å². The summed E-state index contributed by atoms with van der Waals surface area (Å²) in [5.41, 5.74) is 2.13. The molecule has 0 saturated heterocycles. The standard InChI is InChI=1S/C8H12.C5H12O/c1-7(2)5-6-8(3)4;1-3-4-5-6-2/h5-6H,1,3H2,2,4H3;3-5H2,1-2H3/b6-5-;. The Kier molecular flexibility index (Phi) is 13.6. The zero-order chi connectivity index (χ0) is 11.4. The van der Waals surface area contributed by atoms with E-state index >= 15 is 0 Å². The van der Waals surface area contributed by atoms with E-state index in [-0.39, 0.29) is 0 Å². The van der Waals surface area contributed by atoms with Gasteiger partial charge in [-0.3, -0.25) is 0 Å².